The first-order chi connectivity index (χ1) is 14.3. The van der Waals surface area contributed by atoms with E-state index in [1.165, 1.54) is 6.39 Å². The summed E-state index contributed by atoms with van der Waals surface area (Å²) in [5.41, 5.74) is 9.44. The lowest BCUT2D eigenvalue weighted by atomic mass is 10.0. The van der Waals surface area contributed by atoms with Crippen molar-refractivity contribution in [3.8, 4) is 45.6 Å². The average molecular weight is 382 g/mol. The highest BCUT2D eigenvalue weighted by atomic mass is 16.4. The van der Waals surface area contributed by atoms with Crippen LogP contribution in [0, 0.1) is 0 Å². The van der Waals surface area contributed by atoms with Gasteiger partial charge in [-0.15, -0.1) is 10.2 Å². The predicted molar refractivity (Wildman–Crippen MR) is 106 cm³/mol. The molecule has 0 unspecified atom stereocenters. The van der Waals surface area contributed by atoms with E-state index in [-0.39, 0.29) is 11.7 Å². The minimum Gasteiger partial charge on any atom is -0.443 e. The van der Waals surface area contributed by atoms with Gasteiger partial charge in [0.25, 0.3) is 5.89 Å². The standard InChI is InChI=1S/C21H14N6O2/c22-19-18(21-27-26-20(29-21)13-6-2-1-3-7-13)25-16(10-24-19)14-8-4-5-9-15(14)17-11-23-12-28-17/h1-12H,(H2,22,24). The Morgan fingerprint density at radius 1 is 0.793 bits per heavy atom. The second-order valence-corrected chi connectivity index (χ2v) is 6.18. The summed E-state index contributed by atoms with van der Waals surface area (Å²) < 4.78 is 11.2. The number of benzene rings is 2. The molecular weight excluding hydrogens is 368 g/mol. The first-order valence-corrected chi connectivity index (χ1v) is 8.79. The van der Waals surface area contributed by atoms with Crippen molar-refractivity contribution in [3.63, 3.8) is 0 Å². The van der Waals surface area contributed by atoms with Crippen LogP contribution in [0.5, 0.6) is 0 Å². The van der Waals surface area contributed by atoms with E-state index in [1.54, 1.807) is 12.4 Å². The number of hydrogen-bond donors (Lipinski definition) is 1. The van der Waals surface area contributed by atoms with Crippen LogP contribution in [0.4, 0.5) is 5.82 Å². The number of hydrogen-bond acceptors (Lipinski definition) is 8. The van der Waals surface area contributed by atoms with Crippen LogP contribution in [0.15, 0.2) is 82.2 Å². The molecule has 5 aromatic rings. The molecule has 0 amide bonds. The summed E-state index contributed by atoms with van der Waals surface area (Å²) in [5, 5.41) is 8.20. The minimum atomic E-state index is 0.202. The number of rotatable bonds is 4. The lowest BCUT2D eigenvalue weighted by Crippen LogP contribution is -1.99. The highest BCUT2D eigenvalue weighted by Gasteiger charge is 2.18. The van der Waals surface area contributed by atoms with Crippen molar-refractivity contribution in [1.29, 1.82) is 0 Å². The molecule has 0 aliphatic heterocycles. The van der Waals surface area contributed by atoms with Crippen molar-refractivity contribution in [3.05, 3.63) is 73.4 Å². The molecule has 0 saturated carbocycles. The van der Waals surface area contributed by atoms with E-state index < -0.39 is 0 Å². The van der Waals surface area contributed by atoms with Gasteiger partial charge in [-0.05, 0) is 12.1 Å². The maximum atomic E-state index is 6.05. The molecule has 140 valence electrons. The van der Waals surface area contributed by atoms with Gasteiger partial charge in [0.15, 0.2) is 23.7 Å². The lowest BCUT2D eigenvalue weighted by molar-refractivity contribution is 0.572. The third kappa shape index (κ3) is 3.12. The Balaban J connectivity index is 1.59. The summed E-state index contributed by atoms with van der Waals surface area (Å²) >= 11 is 0. The Labute approximate surface area is 165 Å². The van der Waals surface area contributed by atoms with E-state index in [9.17, 15) is 0 Å². The fourth-order valence-corrected chi connectivity index (χ4v) is 2.97. The molecule has 2 aromatic carbocycles. The number of aromatic nitrogens is 5. The van der Waals surface area contributed by atoms with Gasteiger partial charge < -0.3 is 14.6 Å². The van der Waals surface area contributed by atoms with Gasteiger partial charge in [-0.3, -0.25) is 0 Å². The first kappa shape index (κ1) is 16.8. The molecular formula is C21H14N6O2. The van der Waals surface area contributed by atoms with Gasteiger partial charge in [-0.25, -0.2) is 15.0 Å². The molecule has 2 N–H and O–H groups in total. The molecule has 8 nitrogen and oxygen atoms in total. The molecule has 0 bridgehead atoms. The zero-order chi connectivity index (χ0) is 19.6. The minimum absolute atomic E-state index is 0.202. The van der Waals surface area contributed by atoms with Crippen LogP contribution in [0.1, 0.15) is 0 Å². The van der Waals surface area contributed by atoms with Gasteiger partial charge in [0.05, 0.1) is 18.1 Å². The van der Waals surface area contributed by atoms with Crippen LogP contribution in [0.2, 0.25) is 0 Å². The van der Waals surface area contributed by atoms with Crippen molar-refractivity contribution in [2.24, 2.45) is 0 Å². The summed E-state index contributed by atoms with van der Waals surface area (Å²) in [6.45, 7) is 0. The van der Waals surface area contributed by atoms with E-state index in [1.807, 2.05) is 54.6 Å². The molecule has 5 rings (SSSR count). The van der Waals surface area contributed by atoms with Crippen LogP contribution in [0.25, 0.3) is 45.6 Å². The molecule has 0 spiro atoms. The zero-order valence-corrected chi connectivity index (χ0v) is 15.1. The number of nitrogens with zero attached hydrogens (tertiary/aromatic N) is 5. The van der Waals surface area contributed by atoms with Crippen molar-refractivity contribution < 1.29 is 8.83 Å². The summed E-state index contributed by atoms with van der Waals surface area (Å²) in [4.78, 5) is 12.9. The Bertz CT molecular complexity index is 1270. The van der Waals surface area contributed by atoms with Crippen LogP contribution < -0.4 is 5.73 Å². The fraction of sp³-hybridized carbons (Fsp3) is 0. The molecule has 0 saturated heterocycles. The van der Waals surface area contributed by atoms with Gasteiger partial charge >= 0.3 is 0 Å². The fourth-order valence-electron chi connectivity index (χ4n) is 2.97. The molecule has 29 heavy (non-hydrogen) atoms. The average Bonchev–Trinajstić information content (AvgIpc) is 3.47. The van der Waals surface area contributed by atoms with Gasteiger partial charge in [0.2, 0.25) is 5.89 Å². The van der Waals surface area contributed by atoms with E-state index in [4.69, 9.17) is 14.6 Å². The van der Waals surface area contributed by atoms with Crippen molar-refractivity contribution in [1.82, 2.24) is 25.1 Å². The van der Waals surface area contributed by atoms with Crippen LogP contribution >= 0.6 is 0 Å². The molecule has 3 heterocycles. The monoisotopic (exact) mass is 382 g/mol. The molecule has 8 heteroatoms. The molecule has 3 aromatic heterocycles. The van der Waals surface area contributed by atoms with Crippen molar-refractivity contribution >= 4 is 5.82 Å². The Hall–Kier alpha value is -4.33. The molecule has 0 aliphatic carbocycles. The quantitative estimate of drug-likeness (QED) is 0.494. The van der Waals surface area contributed by atoms with Crippen LogP contribution in [-0.2, 0) is 0 Å². The molecule has 0 aliphatic rings. The molecule has 0 radical (unpaired) electrons. The summed E-state index contributed by atoms with van der Waals surface area (Å²) in [6, 6.07) is 17.2. The summed E-state index contributed by atoms with van der Waals surface area (Å²) in [6.07, 6.45) is 4.63. The third-order valence-electron chi connectivity index (χ3n) is 4.35. The number of oxazole rings is 1. The largest absolute Gasteiger partial charge is 0.443 e. The maximum Gasteiger partial charge on any atom is 0.270 e. The van der Waals surface area contributed by atoms with Gasteiger partial charge in [-0.1, -0.05) is 42.5 Å². The second-order valence-electron chi connectivity index (χ2n) is 6.18. The number of anilines is 1. The lowest BCUT2D eigenvalue weighted by Gasteiger charge is -2.08. The summed E-state index contributed by atoms with van der Waals surface area (Å²) in [5.74, 6) is 1.42. The highest BCUT2D eigenvalue weighted by molar-refractivity contribution is 5.80. The highest BCUT2D eigenvalue weighted by Crippen LogP contribution is 2.33. The van der Waals surface area contributed by atoms with Gasteiger partial charge in [-0.2, -0.15) is 0 Å². The smallest absolute Gasteiger partial charge is 0.270 e. The second kappa shape index (κ2) is 7.01. The van der Waals surface area contributed by atoms with Crippen LogP contribution in [-0.4, -0.2) is 25.1 Å². The Morgan fingerprint density at radius 3 is 2.34 bits per heavy atom. The first-order valence-electron chi connectivity index (χ1n) is 8.79. The van der Waals surface area contributed by atoms with Crippen molar-refractivity contribution in [2.75, 3.05) is 5.73 Å². The number of nitrogens with two attached hydrogens (primary N) is 1. The normalized spacial score (nSPS) is 10.9. The molecule has 0 fully saturated rings. The third-order valence-corrected chi connectivity index (χ3v) is 4.35. The maximum absolute atomic E-state index is 6.05. The van der Waals surface area contributed by atoms with Crippen LogP contribution in [0.3, 0.4) is 0 Å². The predicted octanol–water partition coefficient (Wildman–Crippen LogP) is 4.10. The van der Waals surface area contributed by atoms with E-state index in [0.29, 0.717) is 23.0 Å². The zero-order valence-electron chi connectivity index (χ0n) is 15.1. The van der Waals surface area contributed by atoms with Crippen molar-refractivity contribution in [2.45, 2.75) is 0 Å². The van der Waals surface area contributed by atoms with Gasteiger partial charge in [0, 0.05) is 16.7 Å². The number of nitrogen functional groups attached to an aromatic ring is 1. The van der Waals surface area contributed by atoms with E-state index in [2.05, 4.69) is 25.1 Å². The SMILES string of the molecule is Nc1ncc(-c2ccccc2-c2cnco2)nc1-c1nnc(-c2ccccc2)o1. The molecule has 0 atom stereocenters. The summed E-state index contributed by atoms with van der Waals surface area (Å²) in [7, 11) is 0. The van der Waals surface area contributed by atoms with Gasteiger partial charge in [0.1, 0.15) is 0 Å². The van der Waals surface area contributed by atoms with E-state index in [0.717, 1.165) is 16.7 Å². The van der Waals surface area contributed by atoms with E-state index >= 15 is 0 Å². The Morgan fingerprint density at radius 2 is 1.55 bits per heavy atom. The Kier molecular flexibility index (Phi) is 4.06. The topological polar surface area (TPSA) is 117 Å².